The highest BCUT2D eigenvalue weighted by Crippen LogP contribution is 2.35. The summed E-state index contributed by atoms with van der Waals surface area (Å²) in [5.41, 5.74) is 6.11. The van der Waals surface area contributed by atoms with Crippen molar-refractivity contribution in [3.05, 3.63) is 94.5 Å². The lowest BCUT2D eigenvalue weighted by molar-refractivity contribution is -0.150. The van der Waals surface area contributed by atoms with Crippen molar-refractivity contribution in [2.45, 2.75) is 32.4 Å². The van der Waals surface area contributed by atoms with E-state index >= 15 is 0 Å². The molecule has 2 aliphatic heterocycles. The van der Waals surface area contributed by atoms with Crippen molar-refractivity contribution in [3.8, 4) is 5.75 Å². The number of carbonyl (C=O) groups is 2. The Morgan fingerprint density at radius 2 is 1.74 bits per heavy atom. The van der Waals surface area contributed by atoms with Crippen molar-refractivity contribution in [2.24, 2.45) is 0 Å². The molecule has 5 rings (SSSR count). The molecule has 1 unspecified atom stereocenters. The Labute approximate surface area is 223 Å². The van der Waals surface area contributed by atoms with Gasteiger partial charge in [0.15, 0.2) is 0 Å². The van der Waals surface area contributed by atoms with Crippen molar-refractivity contribution in [1.29, 1.82) is 0 Å². The SMILES string of the molecule is CCOC(=O)C1c2cc(OCCN3CCc4ccc(C(=O)OC)cc43)ccc2CCN1Cc1ccccc1. The summed E-state index contributed by atoms with van der Waals surface area (Å²) in [5, 5.41) is 0. The molecule has 3 aromatic rings. The van der Waals surface area contributed by atoms with Crippen LogP contribution in [0.25, 0.3) is 0 Å². The maximum atomic E-state index is 13.1. The zero-order valence-electron chi connectivity index (χ0n) is 22.0. The Morgan fingerprint density at radius 3 is 2.53 bits per heavy atom. The summed E-state index contributed by atoms with van der Waals surface area (Å²) in [4.78, 5) is 29.5. The van der Waals surface area contributed by atoms with Crippen LogP contribution in [-0.2, 0) is 33.7 Å². The Kier molecular flexibility index (Phi) is 7.94. The van der Waals surface area contributed by atoms with E-state index in [0.29, 0.717) is 31.9 Å². The highest BCUT2D eigenvalue weighted by atomic mass is 16.5. The van der Waals surface area contributed by atoms with Crippen LogP contribution in [0.4, 0.5) is 5.69 Å². The van der Waals surface area contributed by atoms with Gasteiger partial charge in [-0.1, -0.05) is 42.5 Å². The minimum Gasteiger partial charge on any atom is -0.492 e. The molecule has 0 fully saturated rings. The van der Waals surface area contributed by atoms with Gasteiger partial charge in [-0.15, -0.1) is 0 Å². The predicted molar refractivity (Wildman–Crippen MR) is 146 cm³/mol. The number of hydrogen-bond acceptors (Lipinski definition) is 7. The average Bonchev–Trinajstić information content (AvgIpc) is 3.35. The second kappa shape index (κ2) is 11.7. The number of fused-ring (bicyclic) bond motifs is 2. The Hall–Kier alpha value is -3.84. The lowest BCUT2D eigenvalue weighted by atomic mass is 9.91. The molecule has 2 heterocycles. The van der Waals surface area contributed by atoms with Crippen LogP contribution >= 0.6 is 0 Å². The number of rotatable bonds is 9. The molecular formula is C31H34N2O5. The molecule has 7 heteroatoms. The summed E-state index contributed by atoms with van der Waals surface area (Å²) in [5.74, 6) is 0.182. The summed E-state index contributed by atoms with van der Waals surface area (Å²) in [6.07, 6.45) is 1.81. The van der Waals surface area contributed by atoms with Crippen LogP contribution in [0.1, 0.15) is 45.6 Å². The van der Waals surface area contributed by atoms with Gasteiger partial charge in [0.2, 0.25) is 0 Å². The largest absolute Gasteiger partial charge is 0.492 e. The minimum absolute atomic E-state index is 0.225. The monoisotopic (exact) mass is 514 g/mol. The second-order valence-electron chi connectivity index (χ2n) is 9.64. The van der Waals surface area contributed by atoms with E-state index in [2.05, 4.69) is 28.0 Å². The van der Waals surface area contributed by atoms with Gasteiger partial charge < -0.3 is 19.1 Å². The molecule has 0 N–H and O–H groups in total. The standard InChI is InChI=1S/C31H34N2O5/c1-3-37-31(35)29-27-20-26(12-11-23(27)13-16-33(29)21-22-7-5-4-6-8-22)38-18-17-32-15-14-24-9-10-25(19-28(24)32)30(34)36-2/h4-12,19-20,29H,3,13-18,21H2,1-2H3. The number of anilines is 1. The number of methoxy groups -OCH3 is 1. The zero-order valence-corrected chi connectivity index (χ0v) is 22.0. The summed E-state index contributed by atoms with van der Waals surface area (Å²) < 4.78 is 16.6. The van der Waals surface area contributed by atoms with E-state index < -0.39 is 6.04 Å². The molecule has 0 spiro atoms. The third-order valence-corrected chi connectivity index (χ3v) is 7.31. The van der Waals surface area contributed by atoms with E-state index in [1.54, 1.807) is 0 Å². The summed E-state index contributed by atoms with van der Waals surface area (Å²) in [6.45, 7) is 5.70. The van der Waals surface area contributed by atoms with Gasteiger partial charge in [-0.05, 0) is 66.3 Å². The van der Waals surface area contributed by atoms with Crippen molar-refractivity contribution in [2.75, 3.05) is 44.9 Å². The van der Waals surface area contributed by atoms with Gasteiger partial charge in [0, 0.05) is 25.3 Å². The lowest BCUT2D eigenvalue weighted by Crippen LogP contribution is -2.40. The molecule has 0 saturated heterocycles. The predicted octanol–water partition coefficient (Wildman–Crippen LogP) is 4.58. The first-order valence-electron chi connectivity index (χ1n) is 13.2. The normalized spacial score (nSPS) is 16.5. The van der Waals surface area contributed by atoms with Crippen molar-refractivity contribution in [3.63, 3.8) is 0 Å². The van der Waals surface area contributed by atoms with Crippen molar-refractivity contribution >= 4 is 17.6 Å². The van der Waals surface area contributed by atoms with Crippen molar-refractivity contribution in [1.82, 2.24) is 4.90 Å². The fourth-order valence-corrected chi connectivity index (χ4v) is 5.42. The van der Waals surface area contributed by atoms with Crippen LogP contribution in [0, 0.1) is 0 Å². The van der Waals surface area contributed by atoms with E-state index in [1.165, 1.54) is 18.2 Å². The van der Waals surface area contributed by atoms with Crippen molar-refractivity contribution < 1.29 is 23.8 Å². The molecule has 38 heavy (non-hydrogen) atoms. The molecule has 2 aliphatic rings. The van der Waals surface area contributed by atoms with Gasteiger partial charge in [0.1, 0.15) is 18.4 Å². The fraction of sp³-hybridized carbons (Fsp3) is 0.355. The maximum absolute atomic E-state index is 13.1. The summed E-state index contributed by atoms with van der Waals surface area (Å²) in [7, 11) is 1.40. The second-order valence-corrected chi connectivity index (χ2v) is 9.64. The van der Waals surface area contributed by atoms with Gasteiger partial charge in [0.05, 0.1) is 25.8 Å². The Morgan fingerprint density at radius 1 is 0.947 bits per heavy atom. The Balaban J connectivity index is 1.29. The van der Waals surface area contributed by atoms with E-state index in [-0.39, 0.29) is 11.9 Å². The number of nitrogens with zero attached hydrogens (tertiary/aromatic N) is 2. The zero-order chi connectivity index (χ0) is 26.5. The topological polar surface area (TPSA) is 68.3 Å². The average molecular weight is 515 g/mol. The van der Waals surface area contributed by atoms with Gasteiger partial charge >= 0.3 is 11.9 Å². The van der Waals surface area contributed by atoms with Gasteiger partial charge in [-0.2, -0.15) is 0 Å². The lowest BCUT2D eigenvalue weighted by Gasteiger charge is -2.36. The highest BCUT2D eigenvalue weighted by molar-refractivity contribution is 5.91. The molecule has 0 saturated carbocycles. The molecule has 3 aromatic carbocycles. The maximum Gasteiger partial charge on any atom is 0.337 e. The number of esters is 2. The van der Waals surface area contributed by atoms with E-state index in [4.69, 9.17) is 14.2 Å². The number of ether oxygens (including phenoxy) is 3. The molecular weight excluding hydrogens is 480 g/mol. The number of benzene rings is 3. The van der Waals surface area contributed by atoms with Crippen LogP contribution in [0.2, 0.25) is 0 Å². The molecule has 198 valence electrons. The van der Waals surface area contributed by atoms with Gasteiger partial charge in [-0.3, -0.25) is 4.90 Å². The molecule has 0 bridgehead atoms. The van der Waals surface area contributed by atoms with Crippen LogP contribution in [0.3, 0.4) is 0 Å². The Bertz CT molecular complexity index is 1290. The summed E-state index contributed by atoms with van der Waals surface area (Å²) in [6, 6.07) is 21.5. The number of hydrogen-bond donors (Lipinski definition) is 0. The highest BCUT2D eigenvalue weighted by Gasteiger charge is 2.34. The minimum atomic E-state index is -0.468. The summed E-state index contributed by atoms with van der Waals surface area (Å²) >= 11 is 0. The molecule has 0 radical (unpaired) electrons. The quantitative estimate of drug-likeness (QED) is 0.387. The van der Waals surface area contributed by atoms with E-state index in [9.17, 15) is 9.59 Å². The first kappa shape index (κ1) is 25.8. The third-order valence-electron chi connectivity index (χ3n) is 7.31. The first-order valence-corrected chi connectivity index (χ1v) is 13.2. The van der Waals surface area contributed by atoms with Crippen LogP contribution < -0.4 is 9.64 Å². The van der Waals surface area contributed by atoms with Gasteiger partial charge in [-0.25, -0.2) is 9.59 Å². The first-order chi connectivity index (χ1) is 18.6. The van der Waals surface area contributed by atoms with E-state index in [1.807, 2.05) is 55.5 Å². The fourth-order valence-electron chi connectivity index (χ4n) is 5.42. The smallest absolute Gasteiger partial charge is 0.337 e. The third kappa shape index (κ3) is 5.53. The molecule has 0 amide bonds. The van der Waals surface area contributed by atoms with Crippen LogP contribution in [-0.4, -0.2) is 56.8 Å². The molecule has 0 aliphatic carbocycles. The van der Waals surface area contributed by atoms with Crippen LogP contribution in [0.15, 0.2) is 66.7 Å². The molecule has 7 nitrogen and oxygen atoms in total. The molecule has 1 atom stereocenters. The number of carbonyl (C=O) groups excluding carboxylic acids is 2. The van der Waals surface area contributed by atoms with Crippen LogP contribution in [0.5, 0.6) is 5.75 Å². The van der Waals surface area contributed by atoms with Gasteiger partial charge in [0.25, 0.3) is 0 Å². The van der Waals surface area contributed by atoms with E-state index in [0.717, 1.165) is 48.5 Å². The molecule has 0 aromatic heterocycles.